The lowest BCUT2D eigenvalue weighted by Gasteiger charge is -2.24. The smallest absolute Gasteiger partial charge is 0.322 e. The van der Waals surface area contributed by atoms with E-state index in [0.717, 1.165) is 29.1 Å². The van der Waals surface area contributed by atoms with Crippen LogP contribution in [0.15, 0.2) is 97.2 Å². The number of aryl methyl sites for hydroxylation is 2. The highest BCUT2D eigenvalue weighted by molar-refractivity contribution is 5.89. The third-order valence-electron chi connectivity index (χ3n) is 5.68. The summed E-state index contributed by atoms with van der Waals surface area (Å²) in [5, 5.41) is 3.06. The minimum atomic E-state index is -0.110. The third kappa shape index (κ3) is 5.46. The Labute approximate surface area is 190 Å². The summed E-state index contributed by atoms with van der Waals surface area (Å²) in [6, 6.07) is 30.5. The van der Waals surface area contributed by atoms with E-state index < -0.39 is 0 Å². The molecule has 0 aliphatic carbocycles. The minimum Gasteiger partial charge on any atom is -0.345 e. The molecule has 4 heteroatoms. The van der Waals surface area contributed by atoms with Crippen molar-refractivity contribution in [3.8, 4) is 0 Å². The molecule has 1 heterocycles. The maximum Gasteiger partial charge on any atom is 0.322 e. The lowest BCUT2D eigenvalue weighted by molar-refractivity contribution is 0.205. The minimum absolute atomic E-state index is 0.110. The number of carbonyl (C=O) groups excluding carboxylic acids is 1. The zero-order valence-electron chi connectivity index (χ0n) is 18.7. The van der Waals surface area contributed by atoms with Gasteiger partial charge >= 0.3 is 6.03 Å². The van der Waals surface area contributed by atoms with Crippen LogP contribution in [0.25, 0.3) is 0 Å². The standard InChI is InChI=1S/C28H29N3O/c1-22-14-16-26(17-15-22)29-28(32)31(19-24-10-4-3-5-11-24)21-27-13-8-18-30(27)20-25-12-7-6-9-23(25)2/h3-18H,19-21H2,1-2H3,(H,29,32). The third-order valence-corrected chi connectivity index (χ3v) is 5.68. The molecule has 1 N–H and O–H groups in total. The Bertz CT molecular complexity index is 1160. The van der Waals surface area contributed by atoms with E-state index in [2.05, 4.69) is 65.5 Å². The number of nitrogens with one attached hydrogen (secondary N) is 1. The number of nitrogens with zero attached hydrogens (tertiary/aromatic N) is 2. The molecule has 2 amide bonds. The summed E-state index contributed by atoms with van der Waals surface area (Å²) < 4.78 is 2.22. The Balaban J connectivity index is 1.55. The fourth-order valence-corrected chi connectivity index (χ4v) is 3.76. The van der Waals surface area contributed by atoms with Gasteiger partial charge in [0, 0.05) is 30.7 Å². The monoisotopic (exact) mass is 423 g/mol. The van der Waals surface area contributed by atoms with Crippen LogP contribution in [0.2, 0.25) is 0 Å². The molecule has 1 aromatic heterocycles. The topological polar surface area (TPSA) is 37.3 Å². The molecule has 0 unspecified atom stereocenters. The Morgan fingerprint density at radius 1 is 0.812 bits per heavy atom. The fraction of sp³-hybridized carbons (Fsp3) is 0.179. The largest absolute Gasteiger partial charge is 0.345 e. The quantitative estimate of drug-likeness (QED) is 0.367. The van der Waals surface area contributed by atoms with E-state index in [9.17, 15) is 4.79 Å². The van der Waals surface area contributed by atoms with Crippen molar-refractivity contribution in [1.29, 1.82) is 0 Å². The zero-order valence-corrected chi connectivity index (χ0v) is 18.7. The number of rotatable bonds is 7. The van der Waals surface area contributed by atoms with E-state index in [-0.39, 0.29) is 6.03 Å². The number of carbonyl (C=O) groups is 1. The van der Waals surface area contributed by atoms with Crippen LogP contribution < -0.4 is 5.32 Å². The van der Waals surface area contributed by atoms with E-state index >= 15 is 0 Å². The molecule has 0 saturated heterocycles. The first-order valence-corrected chi connectivity index (χ1v) is 10.9. The summed E-state index contributed by atoms with van der Waals surface area (Å²) in [6.07, 6.45) is 2.08. The highest BCUT2D eigenvalue weighted by Gasteiger charge is 2.17. The molecule has 4 aromatic rings. The molecule has 0 spiro atoms. The number of aromatic nitrogens is 1. The molecule has 0 radical (unpaired) electrons. The highest BCUT2D eigenvalue weighted by Crippen LogP contribution is 2.17. The summed E-state index contributed by atoms with van der Waals surface area (Å²) in [5.74, 6) is 0. The number of anilines is 1. The van der Waals surface area contributed by atoms with Crippen molar-refractivity contribution < 1.29 is 4.79 Å². The molecule has 3 aromatic carbocycles. The molecule has 0 bridgehead atoms. The summed E-state index contributed by atoms with van der Waals surface area (Å²) in [7, 11) is 0. The number of amides is 2. The van der Waals surface area contributed by atoms with Gasteiger partial charge in [-0.1, -0.05) is 72.3 Å². The van der Waals surface area contributed by atoms with Gasteiger partial charge in [-0.2, -0.15) is 0 Å². The SMILES string of the molecule is Cc1ccc(NC(=O)N(Cc2ccccc2)Cc2cccn2Cc2ccccc2C)cc1. The molecule has 0 aliphatic rings. The van der Waals surface area contributed by atoms with Gasteiger partial charge < -0.3 is 14.8 Å². The van der Waals surface area contributed by atoms with Gasteiger partial charge in [0.2, 0.25) is 0 Å². The molecule has 0 fully saturated rings. The molecule has 0 atom stereocenters. The number of hydrogen-bond acceptors (Lipinski definition) is 1. The average Bonchev–Trinajstić information content (AvgIpc) is 3.24. The van der Waals surface area contributed by atoms with Gasteiger partial charge in [0.25, 0.3) is 0 Å². The molecular weight excluding hydrogens is 394 g/mol. The summed E-state index contributed by atoms with van der Waals surface area (Å²) in [4.78, 5) is 15.1. The Morgan fingerprint density at radius 3 is 2.28 bits per heavy atom. The number of urea groups is 1. The van der Waals surface area contributed by atoms with Crippen molar-refractivity contribution in [1.82, 2.24) is 9.47 Å². The van der Waals surface area contributed by atoms with Gasteiger partial charge in [0.1, 0.15) is 0 Å². The van der Waals surface area contributed by atoms with Crippen LogP contribution in [-0.4, -0.2) is 15.5 Å². The molecule has 162 valence electrons. The first-order valence-electron chi connectivity index (χ1n) is 10.9. The molecular formula is C28H29N3O. The maximum atomic E-state index is 13.3. The molecule has 4 nitrogen and oxygen atoms in total. The Kier molecular flexibility index (Phi) is 6.71. The van der Waals surface area contributed by atoms with Crippen LogP contribution in [0.1, 0.15) is 27.9 Å². The van der Waals surface area contributed by atoms with E-state index in [1.54, 1.807) is 0 Å². The van der Waals surface area contributed by atoms with Gasteiger partial charge in [-0.25, -0.2) is 4.79 Å². The van der Waals surface area contributed by atoms with Crippen molar-refractivity contribution in [2.75, 3.05) is 5.32 Å². The molecule has 4 rings (SSSR count). The van der Waals surface area contributed by atoms with Crippen LogP contribution in [0.5, 0.6) is 0 Å². The number of hydrogen-bond donors (Lipinski definition) is 1. The van der Waals surface area contributed by atoms with Gasteiger partial charge in [-0.05, 0) is 54.8 Å². The average molecular weight is 424 g/mol. The predicted molar refractivity (Wildman–Crippen MR) is 131 cm³/mol. The van der Waals surface area contributed by atoms with Crippen LogP contribution >= 0.6 is 0 Å². The number of benzene rings is 3. The van der Waals surface area contributed by atoms with Crippen LogP contribution in [0.4, 0.5) is 10.5 Å². The second kappa shape index (κ2) is 10.0. The second-order valence-electron chi connectivity index (χ2n) is 8.19. The van der Waals surface area contributed by atoms with Crippen molar-refractivity contribution >= 4 is 11.7 Å². The van der Waals surface area contributed by atoms with Crippen LogP contribution in [0, 0.1) is 13.8 Å². The van der Waals surface area contributed by atoms with E-state index in [1.165, 1.54) is 11.1 Å². The van der Waals surface area contributed by atoms with Gasteiger partial charge in [0.05, 0.1) is 6.54 Å². The molecule has 0 saturated carbocycles. The van der Waals surface area contributed by atoms with E-state index in [1.807, 2.05) is 60.4 Å². The second-order valence-corrected chi connectivity index (χ2v) is 8.19. The lowest BCUT2D eigenvalue weighted by atomic mass is 10.1. The predicted octanol–water partition coefficient (Wildman–Crippen LogP) is 6.39. The van der Waals surface area contributed by atoms with Gasteiger partial charge in [0.15, 0.2) is 0 Å². The van der Waals surface area contributed by atoms with E-state index in [0.29, 0.717) is 13.1 Å². The summed E-state index contributed by atoms with van der Waals surface area (Å²) in [5.41, 5.74) is 6.72. The first-order chi connectivity index (χ1) is 15.6. The van der Waals surface area contributed by atoms with E-state index in [4.69, 9.17) is 0 Å². The van der Waals surface area contributed by atoms with Crippen molar-refractivity contribution in [2.24, 2.45) is 0 Å². The molecule has 32 heavy (non-hydrogen) atoms. The summed E-state index contributed by atoms with van der Waals surface area (Å²) >= 11 is 0. The van der Waals surface area contributed by atoms with Crippen molar-refractivity contribution in [3.63, 3.8) is 0 Å². The van der Waals surface area contributed by atoms with Crippen LogP contribution in [0.3, 0.4) is 0 Å². The van der Waals surface area contributed by atoms with Gasteiger partial charge in [-0.3, -0.25) is 0 Å². The summed E-state index contributed by atoms with van der Waals surface area (Å²) in [6.45, 7) is 6.01. The van der Waals surface area contributed by atoms with Crippen molar-refractivity contribution in [3.05, 3.63) is 125 Å². The normalized spacial score (nSPS) is 10.7. The van der Waals surface area contributed by atoms with Crippen LogP contribution in [-0.2, 0) is 19.6 Å². The van der Waals surface area contributed by atoms with Gasteiger partial charge in [-0.15, -0.1) is 0 Å². The van der Waals surface area contributed by atoms with Crippen molar-refractivity contribution in [2.45, 2.75) is 33.5 Å². The lowest BCUT2D eigenvalue weighted by Crippen LogP contribution is -2.34. The Morgan fingerprint density at radius 2 is 1.53 bits per heavy atom. The fourth-order valence-electron chi connectivity index (χ4n) is 3.76. The maximum absolute atomic E-state index is 13.3. The molecule has 0 aliphatic heterocycles. The zero-order chi connectivity index (χ0) is 22.3. The highest BCUT2D eigenvalue weighted by atomic mass is 16.2. The first kappa shape index (κ1) is 21.4. The Hall–Kier alpha value is -3.79.